The van der Waals surface area contributed by atoms with Crippen molar-refractivity contribution in [3.8, 4) is 5.75 Å². The Kier molecular flexibility index (Phi) is 4.75. The Morgan fingerprint density at radius 3 is 2.84 bits per heavy atom. The molecule has 19 heavy (non-hydrogen) atoms. The highest BCUT2D eigenvalue weighted by Crippen LogP contribution is 2.47. The third-order valence-electron chi connectivity index (χ3n) is 4.13. The zero-order chi connectivity index (χ0) is 13.9. The minimum atomic E-state index is -0.239. The quantitative estimate of drug-likeness (QED) is 0.777. The van der Waals surface area contributed by atoms with Crippen LogP contribution in [-0.4, -0.2) is 32.6 Å². The molecule has 0 amide bonds. The molecule has 0 spiro atoms. The minimum Gasteiger partial charge on any atom is -0.497 e. The number of methoxy groups -OCH3 is 1. The lowest BCUT2D eigenvalue weighted by molar-refractivity contribution is 0.207. The minimum absolute atomic E-state index is 0.239. The van der Waals surface area contributed by atoms with Crippen LogP contribution in [0, 0.1) is 5.92 Å². The van der Waals surface area contributed by atoms with Crippen molar-refractivity contribution >= 4 is 11.6 Å². The van der Waals surface area contributed by atoms with Crippen LogP contribution in [0.25, 0.3) is 0 Å². The summed E-state index contributed by atoms with van der Waals surface area (Å²) in [4.78, 5) is 2.00. The molecule has 1 aromatic carbocycles. The van der Waals surface area contributed by atoms with Crippen molar-refractivity contribution in [3.63, 3.8) is 0 Å². The van der Waals surface area contributed by atoms with Gasteiger partial charge in [-0.05, 0) is 50.6 Å². The van der Waals surface area contributed by atoms with Crippen molar-refractivity contribution in [1.82, 2.24) is 4.90 Å². The highest BCUT2D eigenvalue weighted by atomic mass is 35.5. The fraction of sp³-hybridized carbons (Fsp3) is 0.625. The Hall–Kier alpha value is -0.730. The zero-order valence-electron chi connectivity index (χ0n) is 12.2. The summed E-state index contributed by atoms with van der Waals surface area (Å²) in [5.74, 6) is 1.40. The van der Waals surface area contributed by atoms with E-state index in [9.17, 15) is 0 Å². The van der Waals surface area contributed by atoms with Gasteiger partial charge < -0.3 is 9.64 Å². The highest BCUT2D eigenvalue weighted by Gasteiger charge is 2.40. The molecular formula is C16H24ClNO. The average Bonchev–Trinajstić information content (AvgIpc) is 2.41. The van der Waals surface area contributed by atoms with Crippen LogP contribution in [0.4, 0.5) is 0 Å². The van der Waals surface area contributed by atoms with E-state index in [-0.39, 0.29) is 4.87 Å². The fourth-order valence-electron chi connectivity index (χ4n) is 3.14. The van der Waals surface area contributed by atoms with E-state index in [2.05, 4.69) is 31.1 Å². The number of benzene rings is 1. The van der Waals surface area contributed by atoms with Gasteiger partial charge >= 0.3 is 0 Å². The molecule has 1 saturated carbocycles. The van der Waals surface area contributed by atoms with Crippen molar-refractivity contribution < 1.29 is 4.74 Å². The molecule has 1 fully saturated rings. The number of nitrogens with zero attached hydrogens (tertiary/aromatic N) is 1. The van der Waals surface area contributed by atoms with Gasteiger partial charge in [0.15, 0.2) is 0 Å². The molecule has 106 valence electrons. The van der Waals surface area contributed by atoms with Crippen molar-refractivity contribution in [1.29, 1.82) is 0 Å². The van der Waals surface area contributed by atoms with Crippen molar-refractivity contribution in [2.75, 3.05) is 27.7 Å². The summed E-state index contributed by atoms with van der Waals surface area (Å²) in [7, 11) is 5.95. The maximum Gasteiger partial charge on any atom is 0.119 e. The number of halogens is 1. The first-order valence-electron chi connectivity index (χ1n) is 7.04. The van der Waals surface area contributed by atoms with Gasteiger partial charge in [0.2, 0.25) is 0 Å². The molecule has 0 radical (unpaired) electrons. The van der Waals surface area contributed by atoms with Gasteiger partial charge in [0.25, 0.3) is 0 Å². The summed E-state index contributed by atoms with van der Waals surface area (Å²) in [6.07, 6.45) is 4.76. The maximum absolute atomic E-state index is 7.06. The molecule has 2 nitrogen and oxygen atoms in total. The molecule has 0 aromatic heterocycles. The van der Waals surface area contributed by atoms with Crippen molar-refractivity contribution in [3.05, 3.63) is 29.8 Å². The predicted octanol–water partition coefficient (Wildman–Crippen LogP) is 3.88. The van der Waals surface area contributed by atoms with E-state index in [1.54, 1.807) is 7.11 Å². The highest BCUT2D eigenvalue weighted by molar-refractivity contribution is 6.24. The van der Waals surface area contributed by atoms with E-state index in [1.807, 2.05) is 12.1 Å². The molecule has 3 heteroatoms. The second-order valence-corrected chi connectivity index (χ2v) is 6.47. The first-order valence-corrected chi connectivity index (χ1v) is 7.42. The third-order valence-corrected chi connectivity index (χ3v) is 4.84. The first kappa shape index (κ1) is 14.7. The number of alkyl halides is 1. The molecule has 0 saturated heterocycles. The average molecular weight is 282 g/mol. The summed E-state index contributed by atoms with van der Waals surface area (Å²) < 4.78 is 5.34. The zero-order valence-corrected chi connectivity index (χ0v) is 12.9. The Morgan fingerprint density at radius 1 is 1.37 bits per heavy atom. The number of ether oxygens (including phenoxy) is 1. The normalized spacial score (nSPS) is 27.5. The Labute approximate surface area is 121 Å². The molecule has 1 aliphatic carbocycles. The molecule has 0 heterocycles. The van der Waals surface area contributed by atoms with Gasteiger partial charge in [-0.2, -0.15) is 0 Å². The van der Waals surface area contributed by atoms with Crippen molar-refractivity contribution in [2.24, 2.45) is 5.92 Å². The summed E-state index contributed by atoms with van der Waals surface area (Å²) in [6.45, 7) is 1.04. The fourth-order valence-corrected chi connectivity index (χ4v) is 3.57. The lowest BCUT2D eigenvalue weighted by Gasteiger charge is -2.41. The van der Waals surface area contributed by atoms with Crippen LogP contribution in [0.5, 0.6) is 5.75 Å². The number of hydrogen-bond acceptors (Lipinski definition) is 2. The van der Waals surface area contributed by atoms with Gasteiger partial charge in [-0.3, -0.25) is 0 Å². The van der Waals surface area contributed by atoms with Gasteiger partial charge in [-0.25, -0.2) is 0 Å². The monoisotopic (exact) mass is 281 g/mol. The molecule has 0 aliphatic heterocycles. The van der Waals surface area contributed by atoms with E-state index in [0.29, 0.717) is 5.92 Å². The second kappa shape index (κ2) is 6.15. The van der Waals surface area contributed by atoms with Gasteiger partial charge in [0, 0.05) is 6.54 Å². The van der Waals surface area contributed by atoms with E-state index >= 15 is 0 Å². The van der Waals surface area contributed by atoms with Crippen molar-refractivity contribution in [2.45, 2.75) is 30.6 Å². The summed E-state index contributed by atoms with van der Waals surface area (Å²) in [6, 6.07) is 8.26. The molecule has 1 aliphatic rings. The molecular weight excluding hydrogens is 258 g/mol. The van der Waals surface area contributed by atoms with E-state index in [0.717, 1.165) is 18.7 Å². The molecule has 0 bridgehead atoms. The van der Waals surface area contributed by atoms with Crippen LogP contribution in [-0.2, 0) is 4.87 Å². The predicted molar refractivity (Wildman–Crippen MR) is 81.0 cm³/mol. The van der Waals surface area contributed by atoms with Gasteiger partial charge in [-0.1, -0.05) is 25.0 Å². The standard InChI is InChI=1S/C16H24ClNO/c1-18(2)12-14-7-4-5-10-16(14,17)13-8-6-9-15(11-13)19-3/h6,8-9,11,14H,4-5,7,10,12H2,1-3H3/t14-,16+/m0/s1. The smallest absolute Gasteiger partial charge is 0.119 e. The Morgan fingerprint density at radius 2 is 2.16 bits per heavy atom. The molecule has 0 unspecified atom stereocenters. The van der Waals surface area contributed by atoms with Gasteiger partial charge in [-0.15, -0.1) is 11.6 Å². The molecule has 0 N–H and O–H groups in total. The van der Waals surface area contributed by atoms with Crippen LogP contribution in [0.1, 0.15) is 31.2 Å². The first-order chi connectivity index (χ1) is 9.06. The molecule has 2 atom stereocenters. The van der Waals surface area contributed by atoms with Crippen LogP contribution in [0.3, 0.4) is 0 Å². The van der Waals surface area contributed by atoms with E-state index < -0.39 is 0 Å². The van der Waals surface area contributed by atoms with Gasteiger partial charge in [0.05, 0.1) is 12.0 Å². The second-order valence-electron chi connectivity index (χ2n) is 5.80. The SMILES string of the molecule is COc1cccc([C@]2(Cl)CCCC[C@H]2CN(C)C)c1. The number of hydrogen-bond donors (Lipinski definition) is 0. The van der Waals surface area contributed by atoms with Crippen LogP contribution in [0.2, 0.25) is 0 Å². The largest absolute Gasteiger partial charge is 0.497 e. The number of rotatable bonds is 4. The van der Waals surface area contributed by atoms with E-state index in [1.165, 1.54) is 24.8 Å². The lowest BCUT2D eigenvalue weighted by Crippen LogP contribution is -2.39. The topological polar surface area (TPSA) is 12.5 Å². The van der Waals surface area contributed by atoms with Crippen LogP contribution >= 0.6 is 11.6 Å². The van der Waals surface area contributed by atoms with Crippen LogP contribution < -0.4 is 4.74 Å². The van der Waals surface area contributed by atoms with E-state index in [4.69, 9.17) is 16.3 Å². The third kappa shape index (κ3) is 3.24. The summed E-state index contributed by atoms with van der Waals surface area (Å²) >= 11 is 7.06. The molecule has 2 rings (SSSR count). The summed E-state index contributed by atoms with van der Waals surface area (Å²) in [5.41, 5.74) is 1.21. The molecule has 1 aromatic rings. The Balaban J connectivity index is 2.30. The summed E-state index contributed by atoms with van der Waals surface area (Å²) in [5, 5.41) is 0. The van der Waals surface area contributed by atoms with Gasteiger partial charge in [0.1, 0.15) is 5.75 Å². The van der Waals surface area contributed by atoms with Crippen LogP contribution in [0.15, 0.2) is 24.3 Å². The lowest BCUT2D eigenvalue weighted by atomic mass is 9.74. The maximum atomic E-state index is 7.06. The Bertz CT molecular complexity index is 421.